The molecule has 1 heterocycles. The highest BCUT2D eigenvalue weighted by molar-refractivity contribution is 5.80. The Bertz CT molecular complexity index is 758. The molecule has 0 saturated heterocycles. The number of imidazole rings is 1. The van der Waals surface area contributed by atoms with Gasteiger partial charge in [0.05, 0.1) is 16.6 Å². The lowest BCUT2D eigenvalue weighted by molar-refractivity contribution is -0.123. The third kappa shape index (κ3) is 3.47. The van der Waals surface area contributed by atoms with Crippen molar-refractivity contribution in [1.29, 1.82) is 0 Å². The SMILES string of the molecule is CCC(C)C(C)(O)CNC(=O)Cn1c(=O)n(C)c2ccccc21. The summed E-state index contributed by atoms with van der Waals surface area (Å²) in [7, 11) is 1.69. The second kappa shape index (κ2) is 6.58. The second-order valence-corrected chi connectivity index (χ2v) is 6.36. The molecule has 2 aromatic rings. The van der Waals surface area contributed by atoms with Gasteiger partial charge in [-0.05, 0) is 25.0 Å². The van der Waals surface area contributed by atoms with Gasteiger partial charge in [0.1, 0.15) is 6.54 Å². The third-order valence-corrected chi connectivity index (χ3v) is 4.67. The fourth-order valence-corrected chi connectivity index (χ4v) is 2.61. The molecule has 0 aliphatic heterocycles. The van der Waals surface area contributed by atoms with Crippen LogP contribution in [0.1, 0.15) is 27.2 Å². The van der Waals surface area contributed by atoms with Crippen LogP contribution in [0.4, 0.5) is 0 Å². The van der Waals surface area contributed by atoms with E-state index in [0.29, 0.717) is 0 Å². The van der Waals surface area contributed by atoms with Crippen molar-refractivity contribution in [1.82, 2.24) is 14.5 Å². The standard InChI is InChI=1S/C17H25N3O3/c1-5-12(2)17(3,23)11-18-15(21)10-20-14-9-7-6-8-13(14)19(4)16(20)22/h6-9,12,23H,5,10-11H2,1-4H3,(H,18,21). The molecule has 6 nitrogen and oxygen atoms in total. The summed E-state index contributed by atoms with van der Waals surface area (Å²) in [6.07, 6.45) is 0.825. The molecular weight excluding hydrogens is 294 g/mol. The van der Waals surface area contributed by atoms with Gasteiger partial charge in [-0.25, -0.2) is 4.79 Å². The van der Waals surface area contributed by atoms with Crippen LogP contribution >= 0.6 is 0 Å². The van der Waals surface area contributed by atoms with Crippen LogP contribution in [-0.2, 0) is 18.4 Å². The van der Waals surface area contributed by atoms with Crippen molar-refractivity contribution in [3.8, 4) is 0 Å². The first-order chi connectivity index (χ1) is 10.8. The normalized spacial score (nSPS) is 15.3. The van der Waals surface area contributed by atoms with Crippen molar-refractivity contribution in [3.63, 3.8) is 0 Å². The zero-order chi connectivity index (χ0) is 17.2. The van der Waals surface area contributed by atoms with E-state index in [4.69, 9.17) is 0 Å². The van der Waals surface area contributed by atoms with Gasteiger partial charge in [0.2, 0.25) is 5.91 Å². The largest absolute Gasteiger partial charge is 0.388 e. The summed E-state index contributed by atoms with van der Waals surface area (Å²) < 4.78 is 2.97. The lowest BCUT2D eigenvalue weighted by Gasteiger charge is -2.29. The summed E-state index contributed by atoms with van der Waals surface area (Å²) in [5, 5.41) is 13.1. The van der Waals surface area contributed by atoms with Crippen LogP contribution in [0.2, 0.25) is 0 Å². The van der Waals surface area contributed by atoms with Crippen LogP contribution in [0.25, 0.3) is 11.0 Å². The summed E-state index contributed by atoms with van der Waals surface area (Å²) in [5.74, 6) is -0.213. The monoisotopic (exact) mass is 319 g/mol. The molecule has 0 fully saturated rings. The number of fused-ring (bicyclic) bond motifs is 1. The predicted octanol–water partition coefficient (Wildman–Crippen LogP) is 1.25. The fraction of sp³-hybridized carbons (Fsp3) is 0.529. The van der Waals surface area contributed by atoms with Crippen molar-refractivity contribution in [2.75, 3.05) is 6.54 Å². The first-order valence-electron chi connectivity index (χ1n) is 7.91. The van der Waals surface area contributed by atoms with E-state index in [2.05, 4.69) is 5.32 Å². The second-order valence-electron chi connectivity index (χ2n) is 6.36. The maximum atomic E-state index is 12.3. The van der Waals surface area contributed by atoms with Gasteiger partial charge in [0.15, 0.2) is 0 Å². The number of hydrogen-bond acceptors (Lipinski definition) is 3. The number of nitrogens with one attached hydrogen (secondary N) is 1. The molecule has 2 rings (SSSR count). The summed E-state index contributed by atoms with van der Waals surface area (Å²) in [6, 6.07) is 7.36. The average Bonchev–Trinajstić information content (AvgIpc) is 2.77. The van der Waals surface area contributed by atoms with E-state index in [-0.39, 0.29) is 30.6 Å². The van der Waals surface area contributed by atoms with Gasteiger partial charge < -0.3 is 10.4 Å². The first kappa shape index (κ1) is 17.3. The Morgan fingerprint density at radius 1 is 1.35 bits per heavy atom. The minimum absolute atomic E-state index is 0.0588. The Hall–Kier alpha value is -2.08. The van der Waals surface area contributed by atoms with E-state index < -0.39 is 5.60 Å². The maximum Gasteiger partial charge on any atom is 0.329 e. The van der Waals surface area contributed by atoms with E-state index in [9.17, 15) is 14.7 Å². The molecule has 2 N–H and O–H groups in total. The first-order valence-corrected chi connectivity index (χ1v) is 7.91. The summed E-state index contributed by atoms with van der Waals surface area (Å²) in [6.45, 7) is 5.76. The number of para-hydroxylation sites is 2. The molecule has 126 valence electrons. The number of carbonyl (C=O) groups excluding carboxylic acids is 1. The third-order valence-electron chi connectivity index (χ3n) is 4.67. The molecule has 0 bridgehead atoms. The zero-order valence-corrected chi connectivity index (χ0v) is 14.2. The van der Waals surface area contributed by atoms with E-state index >= 15 is 0 Å². The van der Waals surface area contributed by atoms with Crippen LogP contribution in [0.3, 0.4) is 0 Å². The smallest absolute Gasteiger partial charge is 0.329 e. The maximum absolute atomic E-state index is 12.3. The van der Waals surface area contributed by atoms with Crippen LogP contribution in [0.5, 0.6) is 0 Å². The topological polar surface area (TPSA) is 76.3 Å². The van der Waals surface area contributed by atoms with Crippen molar-refractivity contribution in [3.05, 3.63) is 34.7 Å². The molecule has 0 spiro atoms. The molecule has 1 amide bonds. The highest BCUT2D eigenvalue weighted by Crippen LogP contribution is 2.18. The predicted molar refractivity (Wildman–Crippen MR) is 90.3 cm³/mol. The van der Waals surface area contributed by atoms with E-state index in [1.54, 1.807) is 14.0 Å². The molecule has 1 aromatic heterocycles. The van der Waals surface area contributed by atoms with Gasteiger partial charge in [-0.1, -0.05) is 32.4 Å². The van der Waals surface area contributed by atoms with Gasteiger partial charge in [-0.3, -0.25) is 13.9 Å². The van der Waals surface area contributed by atoms with Crippen molar-refractivity contribution in [2.45, 2.75) is 39.3 Å². The molecular formula is C17H25N3O3. The number of nitrogens with zero attached hydrogens (tertiary/aromatic N) is 2. The quantitative estimate of drug-likeness (QED) is 0.841. The number of aryl methyl sites for hydroxylation is 1. The van der Waals surface area contributed by atoms with Gasteiger partial charge in [0.25, 0.3) is 0 Å². The average molecular weight is 319 g/mol. The molecule has 6 heteroatoms. The van der Waals surface area contributed by atoms with Crippen LogP contribution < -0.4 is 11.0 Å². The minimum Gasteiger partial charge on any atom is -0.388 e. The van der Waals surface area contributed by atoms with E-state index in [1.165, 1.54) is 9.13 Å². The zero-order valence-electron chi connectivity index (χ0n) is 14.2. The molecule has 2 unspecified atom stereocenters. The molecule has 0 aliphatic rings. The lowest BCUT2D eigenvalue weighted by Crippen LogP contribution is -2.46. The Balaban J connectivity index is 2.13. The number of benzene rings is 1. The van der Waals surface area contributed by atoms with Gasteiger partial charge in [-0.15, -0.1) is 0 Å². The summed E-state index contributed by atoms with van der Waals surface area (Å²) >= 11 is 0. The number of hydrogen-bond donors (Lipinski definition) is 2. The van der Waals surface area contributed by atoms with Gasteiger partial charge in [-0.2, -0.15) is 0 Å². The van der Waals surface area contributed by atoms with Crippen LogP contribution in [0, 0.1) is 5.92 Å². The fourth-order valence-electron chi connectivity index (χ4n) is 2.61. The van der Waals surface area contributed by atoms with Crippen LogP contribution in [0.15, 0.2) is 29.1 Å². The van der Waals surface area contributed by atoms with Gasteiger partial charge in [0, 0.05) is 13.6 Å². The van der Waals surface area contributed by atoms with Crippen molar-refractivity contribution < 1.29 is 9.90 Å². The Morgan fingerprint density at radius 3 is 2.57 bits per heavy atom. The summed E-state index contributed by atoms with van der Waals surface area (Å²) in [4.78, 5) is 24.5. The van der Waals surface area contributed by atoms with Gasteiger partial charge >= 0.3 is 5.69 Å². The number of aromatic nitrogens is 2. The summed E-state index contributed by atoms with van der Waals surface area (Å²) in [5.41, 5.74) is 0.324. The van der Waals surface area contributed by atoms with Crippen LogP contribution in [-0.4, -0.2) is 32.3 Å². The molecule has 0 saturated carbocycles. The number of rotatable bonds is 6. The minimum atomic E-state index is -0.964. The molecule has 0 aliphatic carbocycles. The number of aliphatic hydroxyl groups is 1. The van der Waals surface area contributed by atoms with E-state index in [1.807, 2.05) is 38.1 Å². The molecule has 23 heavy (non-hydrogen) atoms. The highest BCUT2D eigenvalue weighted by Gasteiger charge is 2.27. The van der Waals surface area contributed by atoms with Crippen molar-refractivity contribution >= 4 is 16.9 Å². The Morgan fingerprint density at radius 2 is 1.96 bits per heavy atom. The number of amides is 1. The van der Waals surface area contributed by atoms with Crippen molar-refractivity contribution in [2.24, 2.45) is 13.0 Å². The molecule has 1 aromatic carbocycles. The Kier molecular flexibility index (Phi) is 4.94. The molecule has 2 atom stereocenters. The lowest BCUT2D eigenvalue weighted by atomic mass is 9.89. The highest BCUT2D eigenvalue weighted by atomic mass is 16.3. The van der Waals surface area contributed by atoms with E-state index in [0.717, 1.165) is 17.5 Å². The number of carbonyl (C=O) groups is 1. The molecule has 0 radical (unpaired) electrons. The Labute approximate surface area is 135 Å².